The lowest BCUT2D eigenvalue weighted by atomic mass is 9.75. The molecule has 2 saturated heterocycles. The Kier molecular flexibility index (Phi) is 6.47. The molecule has 0 aliphatic carbocycles. The molecule has 0 radical (unpaired) electrons. The molecule has 36 heavy (non-hydrogen) atoms. The summed E-state index contributed by atoms with van der Waals surface area (Å²) in [4.78, 5) is 44.7. The topological polar surface area (TPSA) is 96.4 Å². The summed E-state index contributed by atoms with van der Waals surface area (Å²) in [5, 5.41) is 9.64. The first-order valence-corrected chi connectivity index (χ1v) is 12.8. The van der Waals surface area contributed by atoms with Gasteiger partial charge in [0.25, 0.3) is 5.91 Å². The number of benzene rings is 1. The molecule has 1 aromatic rings. The van der Waals surface area contributed by atoms with Crippen molar-refractivity contribution >= 4 is 35.1 Å². The third-order valence-corrected chi connectivity index (χ3v) is 8.13. The van der Waals surface area contributed by atoms with Crippen LogP contribution in [-0.2, 0) is 23.9 Å². The average molecular weight is 515 g/mol. The van der Waals surface area contributed by atoms with Crippen LogP contribution >= 0.6 is 11.6 Å². The number of nitrogens with zero attached hydrogens (tertiary/aromatic N) is 2. The van der Waals surface area contributed by atoms with Crippen LogP contribution in [0.25, 0.3) is 0 Å². The largest absolute Gasteiger partial charge is 0.461 e. The highest BCUT2D eigenvalue weighted by Gasteiger charge is 2.74. The number of aryl methyl sites for hydroxylation is 1. The van der Waals surface area contributed by atoms with E-state index in [9.17, 15) is 19.5 Å². The second kappa shape index (κ2) is 9.32. The van der Waals surface area contributed by atoms with Gasteiger partial charge in [-0.3, -0.25) is 14.4 Å². The maximum absolute atomic E-state index is 14.4. The van der Waals surface area contributed by atoms with Crippen LogP contribution in [0.1, 0.15) is 31.7 Å². The summed E-state index contributed by atoms with van der Waals surface area (Å²) in [6.07, 6.45) is 9.07. The second-order valence-corrected chi connectivity index (χ2v) is 10.5. The van der Waals surface area contributed by atoms with Crippen molar-refractivity contribution in [2.75, 3.05) is 31.2 Å². The number of likely N-dealkylation sites (tertiary alicyclic amines) is 1. The predicted molar refractivity (Wildman–Crippen MR) is 133 cm³/mol. The number of anilines is 1. The first kappa shape index (κ1) is 25.0. The molecule has 1 N–H and O–H groups in total. The van der Waals surface area contributed by atoms with Gasteiger partial charge in [-0.15, -0.1) is 0 Å². The molecular weight excluding hydrogens is 484 g/mol. The third kappa shape index (κ3) is 3.69. The van der Waals surface area contributed by atoms with Gasteiger partial charge in [-0.25, -0.2) is 0 Å². The van der Waals surface area contributed by atoms with Crippen molar-refractivity contribution in [3.63, 3.8) is 0 Å². The lowest BCUT2D eigenvalue weighted by Crippen LogP contribution is -2.56. The van der Waals surface area contributed by atoms with E-state index in [1.54, 1.807) is 41.0 Å². The lowest BCUT2D eigenvalue weighted by molar-refractivity contribution is -0.156. The number of aliphatic hydroxyl groups excluding tert-OH is 1. The maximum atomic E-state index is 14.4. The Labute approximate surface area is 215 Å². The van der Waals surface area contributed by atoms with Gasteiger partial charge >= 0.3 is 5.97 Å². The minimum absolute atomic E-state index is 0.0624. The molecule has 4 aliphatic rings. The number of hydrogen-bond acceptors (Lipinski definition) is 6. The molecule has 1 aromatic carbocycles. The minimum atomic E-state index is -1.32. The molecule has 1 unspecified atom stereocenters. The third-order valence-electron chi connectivity index (χ3n) is 7.83. The number of carbonyl (C=O) groups excluding carboxylic acids is 3. The fourth-order valence-corrected chi connectivity index (χ4v) is 6.66. The van der Waals surface area contributed by atoms with Crippen LogP contribution < -0.4 is 4.90 Å². The molecule has 0 saturated carbocycles. The van der Waals surface area contributed by atoms with Crippen molar-refractivity contribution in [1.82, 2.24) is 4.90 Å². The van der Waals surface area contributed by atoms with Crippen LogP contribution in [-0.4, -0.2) is 71.3 Å². The fourth-order valence-electron chi connectivity index (χ4n) is 6.33. The minimum Gasteiger partial charge on any atom is -0.461 e. The number of unbranched alkanes of at least 4 members (excludes halogenated alkanes) is 2. The molecule has 2 fully saturated rings. The van der Waals surface area contributed by atoms with Crippen LogP contribution in [0.5, 0.6) is 0 Å². The number of esters is 1. The SMILES string of the molecule is Cc1cccc(Cl)c1N1CC=C[C@]23O[C@@]4(C)C=CCOC(=O)[C@H]4[C@H]2C(=O)N(CCCCCO)C3C1=O. The number of rotatable bonds is 6. The highest BCUT2D eigenvalue weighted by molar-refractivity contribution is 6.34. The number of ether oxygens (including phenoxy) is 2. The summed E-state index contributed by atoms with van der Waals surface area (Å²) >= 11 is 6.55. The molecule has 5 rings (SSSR count). The van der Waals surface area contributed by atoms with Crippen LogP contribution in [0.3, 0.4) is 0 Å². The van der Waals surface area contributed by atoms with Crippen molar-refractivity contribution < 1.29 is 29.0 Å². The van der Waals surface area contributed by atoms with Crippen LogP contribution in [0, 0.1) is 18.8 Å². The average Bonchev–Trinajstić information content (AvgIpc) is 3.08. The Morgan fingerprint density at radius 3 is 2.64 bits per heavy atom. The van der Waals surface area contributed by atoms with Gasteiger partial charge in [0.15, 0.2) is 0 Å². The van der Waals surface area contributed by atoms with Gasteiger partial charge in [-0.1, -0.05) is 42.0 Å². The Morgan fingerprint density at radius 2 is 1.89 bits per heavy atom. The fraction of sp³-hybridized carbons (Fsp3) is 0.519. The molecule has 4 aliphatic heterocycles. The summed E-state index contributed by atoms with van der Waals surface area (Å²) in [7, 11) is 0. The van der Waals surface area contributed by atoms with E-state index in [1.807, 2.05) is 25.1 Å². The van der Waals surface area contributed by atoms with E-state index in [2.05, 4.69) is 0 Å². The Bertz CT molecular complexity index is 1130. The standard InChI is InChI=1S/C27H31ClN2O6/c1-17-9-6-10-18(28)21(17)29-14-7-12-27-19(20-25(34)35-16-8-11-26(20,2)36-27)23(32)30(22(27)24(29)33)13-4-3-5-15-31/h6-12,19-20,22,31H,3-5,13-16H2,1-2H3/t19-,20+,22?,26-,27-/m0/s1. The normalized spacial score (nSPS) is 33.2. The Morgan fingerprint density at radius 1 is 1.08 bits per heavy atom. The first-order valence-electron chi connectivity index (χ1n) is 12.5. The van der Waals surface area contributed by atoms with E-state index in [1.165, 1.54) is 0 Å². The summed E-state index contributed by atoms with van der Waals surface area (Å²) in [5.74, 6) is -2.86. The maximum Gasteiger partial charge on any atom is 0.313 e. The molecule has 2 amide bonds. The molecule has 0 aromatic heterocycles. The van der Waals surface area contributed by atoms with Crippen molar-refractivity contribution in [1.29, 1.82) is 0 Å². The Hall–Kier alpha value is -2.68. The second-order valence-electron chi connectivity index (χ2n) is 10.1. The van der Waals surface area contributed by atoms with E-state index in [0.717, 1.165) is 5.56 Å². The zero-order valence-corrected chi connectivity index (χ0v) is 21.2. The number of hydrogen-bond donors (Lipinski definition) is 1. The number of cyclic esters (lactones) is 1. The molecular formula is C27H31ClN2O6. The van der Waals surface area contributed by atoms with Gasteiger partial charge in [-0.05, 0) is 50.8 Å². The van der Waals surface area contributed by atoms with Gasteiger partial charge in [0.05, 0.1) is 22.2 Å². The summed E-state index contributed by atoms with van der Waals surface area (Å²) in [5.41, 5.74) is -0.976. The quantitative estimate of drug-likeness (QED) is 0.356. The van der Waals surface area contributed by atoms with Crippen molar-refractivity contribution in [2.45, 2.75) is 50.4 Å². The molecule has 4 heterocycles. The van der Waals surface area contributed by atoms with E-state index in [-0.39, 0.29) is 31.6 Å². The molecule has 5 atom stereocenters. The van der Waals surface area contributed by atoms with Gasteiger partial charge < -0.3 is 24.4 Å². The van der Waals surface area contributed by atoms with Gasteiger partial charge in [-0.2, -0.15) is 0 Å². The number of para-hydroxylation sites is 1. The predicted octanol–water partition coefficient (Wildman–Crippen LogP) is 2.80. The van der Waals surface area contributed by atoms with Crippen LogP contribution in [0.15, 0.2) is 42.5 Å². The summed E-state index contributed by atoms with van der Waals surface area (Å²) in [6.45, 7) is 4.42. The number of amides is 2. The number of fused-ring (bicyclic) bond motifs is 2. The summed E-state index contributed by atoms with van der Waals surface area (Å²) < 4.78 is 12.1. The highest BCUT2D eigenvalue weighted by atomic mass is 35.5. The van der Waals surface area contributed by atoms with Crippen molar-refractivity contribution in [3.8, 4) is 0 Å². The summed E-state index contributed by atoms with van der Waals surface area (Å²) in [6, 6.07) is 4.49. The number of halogens is 1. The van der Waals surface area contributed by atoms with Crippen molar-refractivity contribution in [3.05, 3.63) is 53.1 Å². The van der Waals surface area contributed by atoms with E-state index in [4.69, 9.17) is 21.1 Å². The van der Waals surface area contributed by atoms with Gasteiger partial charge in [0, 0.05) is 19.7 Å². The molecule has 9 heteroatoms. The van der Waals surface area contributed by atoms with E-state index < -0.39 is 35.0 Å². The molecule has 8 nitrogen and oxygen atoms in total. The van der Waals surface area contributed by atoms with E-state index >= 15 is 0 Å². The Balaban J connectivity index is 1.62. The van der Waals surface area contributed by atoms with Gasteiger partial charge in [0.2, 0.25) is 5.91 Å². The highest BCUT2D eigenvalue weighted by Crippen LogP contribution is 2.57. The van der Waals surface area contributed by atoms with E-state index in [0.29, 0.717) is 36.5 Å². The zero-order valence-electron chi connectivity index (χ0n) is 20.5. The number of carbonyl (C=O) groups is 3. The number of aliphatic hydroxyl groups is 1. The first-order chi connectivity index (χ1) is 17.2. The lowest BCUT2D eigenvalue weighted by Gasteiger charge is -2.37. The zero-order chi connectivity index (χ0) is 25.7. The molecule has 1 spiro atoms. The smallest absolute Gasteiger partial charge is 0.313 e. The van der Waals surface area contributed by atoms with Crippen LogP contribution in [0.2, 0.25) is 5.02 Å². The van der Waals surface area contributed by atoms with Crippen molar-refractivity contribution in [2.24, 2.45) is 11.8 Å². The molecule has 192 valence electrons. The van der Waals surface area contributed by atoms with Gasteiger partial charge in [0.1, 0.15) is 24.2 Å². The molecule has 0 bridgehead atoms. The monoisotopic (exact) mass is 514 g/mol. The van der Waals surface area contributed by atoms with Crippen LogP contribution in [0.4, 0.5) is 5.69 Å².